The van der Waals surface area contributed by atoms with Gasteiger partial charge in [-0.2, -0.15) is 0 Å². The van der Waals surface area contributed by atoms with Crippen molar-refractivity contribution in [3.8, 4) is 0 Å². The van der Waals surface area contributed by atoms with Gasteiger partial charge >= 0.3 is 0 Å². The summed E-state index contributed by atoms with van der Waals surface area (Å²) >= 11 is 17.2. The molecule has 0 amide bonds. The summed E-state index contributed by atoms with van der Waals surface area (Å²) in [5, 5.41) is 0. The molecule has 0 N–H and O–H groups in total. The van der Waals surface area contributed by atoms with Crippen LogP contribution in [0.2, 0.25) is 11.1 Å². The van der Waals surface area contributed by atoms with E-state index in [1.165, 1.54) is 0 Å². The van der Waals surface area contributed by atoms with E-state index in [9.17, 15) is 0 Å². The Morgan fingerprint density at radius 2 is 1.00 bits per heavy atom. The van der Waals surface area contributed by atoms with E-state index in [-0.39, 0.29) is 0 Å². The molecule has 0 aliphatic rings. The lowest BCUT2D eigenvalue weighted by atomic mass is 10.6. The zero-order chi connectivity index (χ0) is 12.7. The van der Waals surface area contributed by atoms with Crippen LogP contribution in [-0.4, -0.2) is 7.27 Å². The number of hydrogen-bond donors (Lipinski definition) is 0. The van der Waals surface area contributed by atoms with Crippen molar-refractivity contribution in [2.75, 3.05) is 0 Å². The lowest BCUT2D eigenvalue weighted by Gasteiger charge is -2.45. The Hall–Kier alpha value is 5.03. The molecule has 0 saturated heterocycles. The van der Waals surface area contributed by atoms with E-state index in [4.69, 9.17) is 0 Å². The average Bonchev–Trinajstić information content (AvgIpc) is 1.99. The summed E-state index contributed by atoms with van der Waals surface area (Å²) in [5.41, 5.74) is 1.81. The highest BCUT2D eigenvalue weighted by Gasteiger charge is 2.65. The second kappa shape index (κ2) is 7.34. The maximum Gasteiger partial charge on any atom is 0.252 e. The van der Waals surface area contributed by atoms with Crippen LogP contribution in [0.3, 0.4) is 0 Å². The predicted octanol–water partition coefficient (Wildman–Crippen LogP) is 6.90. The molecule has 0 aliphatic heterocycles. The third kappa shape index (κ3) is 4.50. The highest BCUT2D eigenvalue weighted by Crippen LogP contribution is 2.59. The van der Waals surface area contributed by atoms with Gasteiger partial charge in [0.2, 0.25) is 0 Å². The van der Waals surface area contributed by atoms with Gasteiger partial charge in [0.05, 0.1) is 0 Å². The zero-order valence-corrected chi connectivity index (χ0v) is 24.9. The highest BCUT2D eigenvalue weighted by atomic mass is 127. The van der Waals surface area contributed by atoms with Gasteiger partial charge in [-0.05, 0) is 11.1 Å². The first-order valence-electron chi connectivity index (χ1n) is 4.52. The van der Waals surface area contributed by atoms with Gasteiger partial charge in [-0.3, -0.25) is 0 Å². The summed E-state index contributed by atoms with van der Waals surface area (Å²) in [7, 11) is 0. The molecule has 1 atom stereocenters. The summed E-state index contributed by atoms with van der Waals surface area (Å²) in [6.45, 7) is 9.83. The lowest BCUT2D eigenvalue weighted by molar-refractivity contribution is 1.04. The third-order valence-electron chi connectivity index (χ3n) is 2.42. The van der Waals surface area contributed by atoms with Crippen molar-refractivity contribution in [1.82, 2.24) is 0 Å². The van der Waals surface area contributed by atoms with Crippen LogP contribution in [0.5, 0.6) is 0 Å². The summed E-state index contributed by atoms with van der Waals surface area (Å²) in [5.74, 6) is 0. The molecule has 0 fully saturated rings. The molecule has 9 heteroatoms. The van der Waals surface area contributed by atoms with Gasteiger partial charge in [0, 0.05) is 0 Å². The first-order chi connectivity index (χ1) is 6.39. The van der Waals surface area contributed by atoms with Gasteiger partial charge in [0.25, 0.3) is 0.0813 Å². The second-order valence-electron chi connectivity index (χ2n) is 4.14. The van der Waals surface area contributed by atoms with Crippen LogP contribution >= 0.6 is 131 Å². The van der Waals surface area contributed by atoms with Crippen LogP contribution in [0, 0.1) is 0 Å². The standard InChI is InChI=1S/C6H14I6Si3/c1-5(2)13(7,8)14(9,6(3)4)15(10,11)12/h5-6H,1-4H3. The fraction of sp³-hybridized carbons (Fsp3) is 1.00. The van der Waals surface area contributed by atoms with Crippen LogP contribution in [-0.2, 0) is 0 Å². The van der Waals surface area contributed by atoms with E-state index in [0.29, 0.717) is 0 Å². The average molecular weight is 932 g/mol. The van der Waals surface area contributed by atoms with Crippen molar-refractivity contribution < 1.29 is 0 Å². The summed E-state index contributed by atoms with van der Waals surface area (Å²) in [6, 6.07) is 0. The summed E-state index contributed by atoms with van der Waals surface area (Å²) in [4.78, 5) is 0. The Morgan fingerprint density at radius 1 is 0.667 bits per heavy atom. The fourth-order valence-electron chi connectivity index (χ4n) is 1.32. The molecule has 15 heavy (non-hydrogen) atoms. The van der Waals surface area contributed by atoms with E-state index in [1.807, 2.05) is 0 Å². The first-order valence-corrected chi connectivity index (χ1v) is 31.4. The SMILES string of the molecule is CC(C)[Si](I)(I)[Si](I)(C(C)C)[Si](I)(I)I. The van der Waals surface area contributed by atoms with Crippen molar-refractivity contribution in [1.29, 1.82) is 0 Å². The van der Waals surface area contributed by atoms with Gasteiger partial charge in [-0.25, -0.2) is 0 Å². The Bertz CT molecular complexity index is 225. The maximum absolute atomic E-state index is 2.95. The molecule has 0 aromatic heterocycles. The van der Waals surface area contributed by atoms with Crippen LogP contribution in [0.4, 0.5) is 0 Å². The van der Waals surface area contributed by atoms with Crippen LogP contribution in [0.25, 0.3) is 0 Å². The smallest absolute Gasteiger partial charge is 0.120 e. The van der Waals surface area contributed by atoms with Crippen molar-refractivity contribution >= 4 is 138 Å². The van der Waals surface area contributed by atoms with E-state index >= 15 is 0 Å². The molecule has 0 rings (SSSR count). The minimum Gasteiger partial charge on any atom is -0.120 e. The lowest BCUT2D eigenvalue weighted by Crippen LogP contribution is -2.65. The number of halogens is 6. The van der Waals surface area contributed by atoms with Crippen molar-refractivity contribution in [2.24, 2.45) is 0 Å². The Labute approximate surface area is 172 Å². The van der Waals surface area contributed by atoms with Crippen molar-refractivity contribution in [3.05, 3.63) is 0 Å². The Kier molecular flexibility index (Phi) is 9.80. The minimum absolute atomic E-state index is 0.899. The van der Waals surface area contributed by atoms with Crippen LogP contribution in [0.1, 0.15) is 27.7 Å². The number of hydrogen-bond acceptors (Lipinski definition) is 0. The third-order valence-corrected chi connectivity index (χ3v) is 159. The normalized spacial score (nSPS) is 18.4. The molecule has 0 aliphatic carbocycles. The topological polar surface area (TPSA) is 0 Å². The van der Waals surface area contributed by atoms with Crippen molar-refractivity contribution in [2.45, 2.75) is 38.8 Å². The van der Waals surface area contributed by atoms with Crippen molar-refractivity contribution in [3.63, 3.8) is 0 Å². The van der Waals surface area contributed by atoms with Gasteiger partial charge in [0.15, 0.2) is 7.19 Å². The van der Waals surface area contributed by atoms with E-state index in [2.05, 4.69) is 158 Å². The first kappa shape index (κ1) is 20.0. The molecule has 0 spiro atoms. The fourth-order valence-corrected chi connectivity index (χ4v) is 191. The van der Waals surface area contributed by atoms with E-state index in [1.54, 1.807) is 0 Å². The summed E-state index contributed by atoms with van der Waals surface area (Å²) in [6.07, 6.45) is 0. The molecule has 0 heterocycles. The summed E-state index contributed by atoms with van der Waals surface area (Å²) < 4.78 is -3.36. The van der Waals surface area contributed by atoms with E-state index < -0.39 is 7.27 Å². The monoisotopic (exact) mass is 931 g/mol. The van der Waals surface area contributed by atoms with Crippen LogP contribution in [0.15, 0.2) is 0 Å². The molecule has 0 bridgehead atoms. The number of rotatable bonds is 4. The van der Waals surface area contributed by atoms with E-state index in [0.717, 1.165) is 11.1 Å². The van der Waals surface area contributed by atoms with Gasteiger partial charge < -0.3 is 0 Å². The molecular formula is C6H14I6Si3. The molecular weight excluding hydrogens is 918 g/mol. The van der Waals surface area contributed by atoms with Gasteiger partial charge in [-0.1, -0.05) is 93.1 Å². The zero-order valence-electron chi connectivity index (χ0n) is 8.92. The predicted molar refractivity (Wildman–Crippen MR) is 132 cm³/mol. The second-order valence-corrected chi connectivity index (χ2v) is 97.0. The van der Waals surface area contributed by atoms with Gasteiger partial charge in [-0.15, -0.1) is 65.4 Å². The Morgan fingerprint density at radius 3 is 1.07 bits per heavy atom. The molecule has 1 unspecified atom stereocenters. The molecule has 0 nitrogen and oxygen atoms in total. The largest absolute Gasteiger partial charge is 0.252 e. The minimum atomic E-state index is -1.14. The molecule has 0 aromatic carbocycles. The molecule has 0 radical (unpaired) electrons. The molecule has 92 valence electrons. The highest BCUT2D eigenvalue weighted by molar-refractivity contribution is 14.4. The maximum atomic E-state index is 2.95. The van der Waals surface area contributed by atoms with Gasteiger partial charge in [0.1, 0.15) is 0 Å². The molecule has 0 aromatic rings. The molecule has 0 saturated carbocycles. The quantitative estimate of drug-likeness (QED) is 0.164. The van der Waals surface area contributed by atoms with Crippen LogP contribution < -0.4 is 0 Å². The Balaban J connectivity index is 5.51.